The standard InChI is InChI=1S/C32H32ClN3O4S2/c1-3-40-32(37)22-36(20-23-10-5-4-6-11-23)21-25(34)19-29(35-28-15-8-7-14-27(28)33)31-17-16-30(41-31)24-12-9-13-26(18-24)42(2,38)39/h4-18,34H,3,19-22H2,1-2H3. The first-order chi connectivity index (χ1) is 20.1. The van der Waals surface area contributed by atoms with Crippen molar-refractivity contribution in [3.05, 3.63) is 106 Å². The fourth-order valence-electron chi connectivity index (χ4n) is 4.32. The molecule has 0 aliphatic carbocycles. The highest BCUT2D eigenvalue weighted by atomic mass is 35.5. The Morgan fingerprint density at radius 1 is 0.976 bits per heavy atom. The van der Waals surface area contributed by atoms with E-state index in [1.54, 1.807) is 31.2 Å². The van der Waals surface area contributed by atoms with E-state index in [0.717, 1.165) is 20.9 Å². The van der Waals surface area contributed by atoms with Gasteiger partial charge in [0, 0.05) is 41.2 Å². The van der Waals surface area contributed by atoms with Gasteiger partial charge in [-0.05, 0) is 54.4 Å². The number of aliphatic imine (C=N–C) groups is 1. The predicted octanol–water partition coefficient (Wildman–Crippen LogP) is 7.07. The summed E-state index contributed by atoms with van der Waals surface area (Å²) in [6.07, 6.45) is 1.41. The lowest BCUT2D eigenvalue weighted by molar-refractivity contribution is -0.144. The molecule has 0 aliphatic rings. The van der Waals surface area contributed by atoms with Crippen molar-refractivity contribution in [2.24, 2.45) is 4.99 Å². The number of nitrogens with one attached hydrogen (secondary N) is 1. The van der Waals surface area contributed by atoms with Crippen molar-refractivity contribution in [1.29, 1.82) is 5.41 Å². The molecule has 1 heterocycles. The van der Waals surface area contributed by atoms with Crippen LogP contribution in [-0.4, -0.2) is 56.7 Å². The highest BCUT2D eigenvalue weighted by Crippen LogP contribution is 2.32. The Morgan fingerprint density at radius 3 is 2.43 bits per heavy atom. The zero-order valence-electron chi connectivity index (χ0n) is 23.4. The highest BCUT2D eigenvalue weighted by Gasteiger charge is 2.18. The largest absolute Gasteiger partial charge is 0.465 e. The Kier molecular flexibility index (Phi) is 10.8. The van der Waals surface area contributed by atoms with Crippen LogP contribution < -0.4 is 0 Å². The highest BCUT2D eigenvalue weighted by molar-refractivity contribution is 7.90. The lowest BCUT2D eigenvalue weighted by atomic mass is 10.1. The van der Waals surface area contributed by atoms with Crippen molar-refractivity contribution in [3.63, 3.8) is 0 Å². The summed E-state index contributed by atoms with van der Waals surface area (Å²) < 4.78 is 29.4. The van der Waals surface area contributed by atoms with Gasteiger partial charge in [-0.3, -0.25) is 14.7 Å². The normalized spacial score (nSPS) is 12.0. The molecule has 1 aromatic heterocycles. The molecule has 0 saturated heterocycles. The van der Waals surface area contributed by atoms with Gasteiger partial charge in [0.05, 0.1) is 34.5 Å². The molecule has 4 aromatic rings. The quantitative estimate of drug-likeness (QED) is 0.127. The first-order valence-corrected chi connectivity index (χ1v) is 16.4. The molecular weight excluding hydrogens is 590 g/mol. The molecule has 1 N–H and O–H groups in total. The monoisotopic (exact) mass is 621 g/mol. The van der Waals surface area contributed by atoms with E-state index in [4.69, 9.17) is 26.7 Å². The minimum atomic E-state index is -3.35. The maximum atomic E-state index is 12.4. The number of sulfone groups is 1. The maximum Gasteiger partial charge on any atom is 0.320 e. The summed E-state index contributed by atoms with van der Waals surface area (Å²) in [5, 5.41) is 9.42. The van der Waals surface area contributed by atoms with Gasteiger partial charge < -0.3 is 10.1 Å². The van der Waals surface area contributed by atoms with Crippen molar-refractivity contribution in [3.8, 4) is 10.4 Å². The third-order valence-electron chi connectivity index (χ3n) is 6.25. The summed E-state index contributed by atoms with van der Waals surface area (Å²) in [5.41, 5.74) is 3.42. The molecular formula is C32H32ClN3O4S2. The third kappa shape index (κ3) is 8.93. The average molecular weight is 622 g/mol. The van der Waals surface area contributed by atoms with Crippen molar-refractivity contribution < 1.29 is 17.9 Å². The maximum absolute atomic E-state index is 12.4. The van der Waals surface area contributed by atoms with Gasteiger partial charge in [-0.25, -0.2) is 8.42 Å². The predicted molar refractivity (Wildman–Crippen MR) is 171 cm³/mol. The zero-order chi connectivity index (χ0) is 30.1. The van der Waals surface area contributed by atoms with E-state index in [1.165, 1.54) is 17.6 Å². The molecule has 0 amide bonds. The van der Waals surface area contributed by atoms with Crippen LogP contribution in [0.1, 0.15) is 23.8 Å². The van der Waals surface area contributed by atoms with Gasteiger partial charge in [0.1, 0.15) is 0 Å². The summed E-state index contributed by atoms with van der Waals surface area (Å²) in [5.74, 6) is -0.342. The number of ether oxygens (including phenoxy) is 1. The fourth-order valence-corrected chi connectivity index (χ4v) is 6.16. The summed E-state index contributed by atoms with van der Waals surface area (Å²) >= 11 is 7.91. The zero-order valence-corrected chi connectivity index (χ0v) is 25.8. The molecule has 10 heteroatoms. The number of benzene rings is 3. The van der Waals surface area contributed by atoms with Gasteiger partial charge in [0.25, 0.3) is 0 Å². The second-order valence-electron chi connectivity index (χ2n) is 9.69. The van der Waals surface area contributed by atoms with Crippen molar-refractivity contribution in [2.75, 3.05) is 26.0 Å². The lowest BCUT2D eigenvalue weighted by Gasteiger charge is -2.22. The summed E-state index contributed by atoms with van der Waals surface area (Å²) in [6, 6.07) is 27.7. The second kappa shape index (κ2) is 14.5. The van der Waals surface area contributed by atoms with Crippen LogP contribution in [0, 0.1) is 5.41 Å². The number of carbonyl (C=O) groups excluding carboxylic acids is 1. The first kappa shape index (κ1) is 31.3. The Morgan fingerprint density at radius 2 is 1.71 bits per heavy atom. The Bertz CT molecular complexity index is 1680. The molecule has 0 bridgehead atoms. The molecule has 42 heavy (non-hydrogen) atoms. The van der Waals surface area contributed by atoms with Gasteiger partial charge in [-0.15, -0.1) is 11.3 Å². The van der Waals surface area contributed by atoms with E-state index in [9.17, 15) is 13.2 Å². The van der Waals surface area contributed by atoms with Crippen LogP contribution in [0.2, 0.25) is 5.02 Å². The minimum absolute atomic E-state index is 0.0575. The minimum Gasteiger partial charge on any atom is -0.465 e. The van der Waals surface area contributed by atoms with Gasteiger partial charge in [-0.2, -0.15) is 0 Å². The number of esters is 1. The van der Waals surface area contributed by atoms with Crippen LogP contribution >= 0.6 is 22.9 Å². The van der Waals surface area contributed by atoms with Crippen LogP contribution in [0.4, 0.5) is 5.69 Å². The summed E-state index contributed by atoms with van der Waals surface area (Å²) in [4.78, 5) is 21.1. The van der Waals surface area contributed by atoms with Crippen LogP contribution in [0.25, 0.3) is 10.4 Å². The first-order valence-electron chi connectivity index (χ1n) is 13.3. The van der Waals surface area contributed by atoms with Crippen molar-refractivity contribution >= 4 is 55.9 Å². The fraction of sp³-hybridized carbons (Fsp3) is 0.219. The summed E-state index contributed by atoms with van der Waals surface area (Å²) in [7, 11) is -3.35. The Hall–Kier alpha value is -3.63. The average Bonchev–Trinajstić information content (AvgIpc) is 3.45. The number of para-hydroxylation sites is 1. The molecule has 0 spiro atoms. The second-order valence-corrected chi connectivity index (χ2v) is 13.2. The van der Waals surface area contributed by atoms with E-state index in [1.807, 2.05) is 71.6 Å². The van der Waals surface area contributed by atoms with E-state index in [0.29, 0.717) is 28.7 Å². The third-order valence-corrected chi connectivity index (χ3v) is 8.86. The molecule has 0 unspecified atom stereocenters. The number of thiophene rings is 1. The number of carbonyl (C=O) groups is 1. The molecule has 4 rings (SSSR count). The smallest absolute Gasteiger partial charge is 0.320 e. The van der Waals surface area contributed by atoms with Gasteiger partial charge in [0.2, 0.25) is 0 Å². The topological polar surface area (TPSA) is 99.9 Å². The Labute approximate surface area is 255 Å². The SMILES string of the molecule is CCOC(=O)CN(CC(=N)CC(=Nc1ccccc1Cl)c1ccc(-c2cccc(S(C)(=O)=O)c2)s1)Cc1ccccc1. The van der Waals surface area contributed by atoms with E-state index < -0.39 is 9.84 Å². The Balaban J connectivity index is 1.62. The number of rotatable bonds is 13. The molecule has 0 saturated carbocycles. The van der Waals surface area contributed by atoms with Crippen LogP contribution in [-0.2, 0) is 25.9 Å². The van der Waals surface area contributed by atoms with E-state index >= 15 is 0 Å². The van der Waals surface area contributed by atoms with Crippen molar-refractivity contribution in [2.45, 2.75) is 24.8 Å². The van der Waals surface area contributed by atoms with Gasteiger partial charge >= 0.3 is 5.97 Å². The summed E-state index contributed by atoms with van der Waals surface area (Å²) in [6.45, 7) is 2.84. The van der Waals surface area contributed by atoms with Gasteiger partial charge in [0.15, 0.2) is 9.84 Å². The van der Waals surface area contributed by atoms with Gasteiger partial charge in [-0.1, -0.05) is 66.2 Å². The number of hydrogen-bond donors (Lipinski definition) is 1. The van der Waals surface area contributed by atoms with Crippen LogP contribution in [0.5, 0.6) is 0 Å². The lowest BCUT2D eigenvalue weighted by Crippen LogP contribution is -2.35. The molecule has 0 radical (unpaired) electrons. The van der Waals surface area contributed by atoms with E-state index in [-0.39, 0.29) is 37.0 Å². The molecule has 218 valence electrons. The molecule has 0 fully saturated rings. The molecule has 3 aromatic carbocycles. The van der Waals surface area contributed by atoms with E-state index in [2.05, 4.69) is 0 Å². The number of nitrogens with zero attached hydrogens (tertiary/aromatic N) is 2. The molecule has 0 aliphatic heterocycles. The van der Waals surface area contributed by atoms with Crippen LogP contribution in [0.15, 0.2) is 101 Å². The van der Waals surface area contributed by atoms with Crippen LogP contribution in [0.3, 0.4) is 0 Å². The van der Waals surface area contributed by atoms with Crippen molar-refractivity contribution in [1.82, 2.24) is 4.90 Å². The molecule has 7 nitrogen and oxygen atoms in total. The molecule has 0 atom stereocenters. The number of halogens is 1. The number of hydrogen-bond acceptors (Lipinski definition) is 8.